The fourth-order valence-electron chi connectivity index (χ4n) is 1.75. The number of hydrogen-bond donors (Lipinski definition) is 0. The van der Waals surface area contributed by atoms with Crippen LogP contribution >= 0.6 is 0 Å². The van der Waals surface area contributed by atoms with Crippen LogP contribution in [0.4, 0.5) is 11.4 Å². The summed E-state index contributed by atoms with van der Waals surface area (Å²) < 4.78 is 9.35. The lowest BCUT2D eigenvalue weighted by molar-refractivity contribution is 0.0587. The van der Waals surface area contributed by atoms with Gasteiger partial charge in [-0.15, -0.1) is 5.11 Å². The number of benzene rings is 2. The van der Waals surface area contributed by atoms with Gasteiger partial charge in [-0.1, -0.05) is 18.2 Å². The van der Waals surface area contributed by atoms with Gasteiger partial charge in [0.15, 0.2) is 0 Å². The number of carbonyl (C=O) groups is 2. The highest BCUT2D eigenvalue weighted by Gasteiger charge is 2.15. The fourth-order valence-corrected chi connectivity index (χ4v) is 1.75. The van der Waals surface area contributed by atoms with Gasteiger partial charge in [0.1, 0.15) is 5.69 Å². The average molecular weight is 298 g/mol. The van der Waals surface area contributed by atoms with Gasteiger partial charge in [0, 0.05) is 0 Å². The zero-order valence-electron chi connectivity index (χ0n) is 12.1. The molecule has 0 aliphatic carbocycles. The van der Waals surface area contributed by atoms with Crippen LogP contribution in [0, 0.1) is 0 Å². The number of nitrogens with zero attached hydrogens (tertiary/aromatic N) is 2. The highest BCUT2D eigenvalue weighted by Crippen LogP contribution is 2.25. The second-order valence-corrected chi connectivity index (χ2v) is 4.25. The molecule has 2 rings (SSSR count). The monoisotopic (exact) mass is 298 g/mol. The topological polar surface area (TPSA) is 77.3 Å². The summed E-state index contributed by atoms with van der Waals surface area (Å²) >= 11 is 0. The number of carbonyl (C=O) groups excluding carboxylic acids is 2. The minimum absolute atomic E-state index is 0.217. The summed E-state index contributed by atoms with van der Waals surface area (Å²) in [6.45, 7) is 0. The second-order valence-electron chi connectivity index (χ2n) is 4.25. The van der Waals surface area contributed by atoms with Crippen molar-refractivity contribution in [3.8, 4) is 0 Å². The standard InChI is InChI=1S/C16H14N2O4/c1-21-15(19)11-8-9-13(16(20)22-2)14(10-11)18-17-12-6-4-3-5-7-12/h3-10H,1-2H3. The smallest absolute Gasteiger partial charge is 0.340 e. The maximum atomic E-state index is 11.8. The Hall–Kier alpha value is -3.02. The van der Waals surface area contributed by atoms with Crippen LogP contribution in [0.15, 0.2) is 58.8 Å². The Morgan fingerprint density at radius 1 is 0.864 bits per heavy atom. The molecular weight excluding hydrogens is 284 g/mol. The van der Waals surface area contributed by atoms with Crippen molar-refractivity contribution in [1.29, 1.82) is 0 Å². The van der Waals surface area contributed by atoms with Crippen LogP contribution in [0.1, 0.15) is 20.7 Å². The van der Waals surface area contributed by atoms with Gasteiger partial charge in [-0.05, 0) is 30.3 Å². The molecule has 0 fully saturated rings. The van der Waals surface area contributed by atoms with E-state index in [9.17, 15) is 9.59 Å². The summed E-state index contributed by atoms with van der Waals surface area (Å²) in [4.78, 5) is 23.3. The summed E-state index contributed by atoms with van der Waals surface area (Å²) in [5.74, 6) is -1.08. The van der Waals surface area contributed by atoms with E-state index in [2.05, 4.69) is 15.0 Å². The summed E-state index contributed by atoms with van der Waals surface area (Å²) in [7, 11) is 2.55. The molecule has 0 amide bonds. The quantitative estimate of drug-likeness (QED) is 0.637. The van der Waals surface area contributed by atoms with Crippen molar-refractivity contribution in [2.24, 2.45) is 10.2 Å². The first kappa shape index (κ1) is 15.4. The maximum Gasteiger partial charge on any atom is 0.340 e. The number of methoxy groups -OCH3 is 2. The molecule has 0 bridgehead atoms. The van der Waals surface area contributed by atoms with E-state index in [1.165, 1.54) is 32.4 Å². The Morgan fingerprint density at radius 3 is 2.18 bits per heavy atom. The first-order valence-electron chi connectivity index (χ1n) is 6.43. The molecule has 0 spiro atoms. The van der Waals surface area contributed by atoms with E-state index in [1.54, 1.807) is 12.1 Å². The molecule has 0 heterocycles. The minimum Gasteiger partial charge on any atom is -0.465 e. The molecule has 0 aromatic heterocycles. The normalized spacial score (nSPS) is 10.5. The molecule has 112 valence electrons. The van der Waals surface area contributed by atoms with Crippen LogP contribution in [0.25, 0.3) is 0 Å². The summed E-state index contributed by atoms with van der Waals surface area (Å²) in [6.07, 6.45) is 0. The number of rotatable bonds is 4. The zero-order chi connectivity index (χ0) is 15.9. The van der Waals surface area contributed by atoms with Crippen molar-refractivity contribution >= 4 is 23.3 Å². The minimum atomic E-state index is -0.557. The molecule has 22 heavy (non-hydrogen) atoms. The van der Waals surface area contributed by atoms with Gasteiger partial charge in [0.2, 0.25) is 0 Å². The van der Waals surface area contributed by atoms with Gasteiger partial charge in [-0.3, -0.25) is 0 Å². The highest BCUT2D eigenvalue weighted by molar-refractivity contribution is 5.98. The largest absolute Gasteiger partial charge is 0.465 e. The van der Waals surface area contributed by atoms with Crippen molar-refractivity contribution in [3.63, 3.8) is 0 Å². The number of hydrogen-bond acceptors (Lipinski definition) is 6. The van der Waals surface area contributed by atoms with E-state index in [0.29, 0.717) is 5.69 Å². The molecule has 0 aliphatic rings. The molecule has 2 aromatic carbocycles. The van der Waals surface area contributed by atoms with Crippen molar-refractivity contribution in [2.75, 3.05) is 14.2 Å². The Bertz CT molecular complexity index is 711. The van der Waals surface area contributed by atoms with E-state index in [0.717, 1.165) is 0 Å². The van der Waals surface area contributed by atoms with Crippen molar-refractivity contribution in [1.82, 2.24) is 0 Å². The fraction of sp³-hybridized carbons (Fsp3) is 0.125. The Balaban J connectivity index is 2.43. The van der Waals surface area contributed by atoms with E-state index in [4.69, 9.17) is 4.74 Å². The van der Waals surface area contributed by atoms with Crippen molar-refractivity contribution < 1.29 is 19.1 Å². The zero-order valence-corrected chi connectivity index (χ0v) is 12.1. The maximum absolute atomic E-state index is 11.8. The molecule has 0 unspecified atom stereocenters. The van der Waals surface area contributed by atoms with Crippen LogP contribution in [-0.4, -0.2) is 26.2 Å². The second kappa shape index (κ2) is 7.12. The van der Waals surface area contributed by atoms with E-state index < -0.39 is 11.9 Å². The average Bonchev–Trinajstić information content (AvgIpc) is 2.59. The molecule has 0 radical (unpaired) electrons. The molecule has 2 aromatic rings. The molecule has 0 saturated heterocycles. The highest BCUT2D eigenvalue weighted by atomic mass is 16.5. The first-order chi connectivity index (χ1) is 10.7. The predicted molar refractivity (Wildman–Crippen MR) is 79.7 cm³/mol. The van der Waals surface area contributed by atoms with Crippen LogP contribution < -0.4 is 0 Å². The van der Waals surface area contributed by atoms with Gasteiger partial charge < -0.3 is 9.47 Å². The summed E-state index contributed by atoms with van der Waals surface area (Å²) in [5, 5.41) is 8.08. The lowest BCUT2D eigenvalue weighted by Crippen LogP contribution is -2.05. The van der Waals surface area contributed by atoms with E-state index in [-0.39, 0.29) is 16.8 Å². The van der Waals surface area contributed by atoms with Crippen LogP contribution in [0.2, 0.25) is 0 Å². The summed E-state index contributed by atoms with van der Waals surface area (Å²) in [6, 6.07) is 13.4. The summed E-state index contributed by atoms with van der Waals surface area (Å²) in [5.41, 5.74) is 1.35. The van der Waals surface area contributed by atoms with Crippen molar-refractivity contribution in [3.05, 3.63) is 59.7 Å². The third kappa shape index (κ3) is 3.54. The van der Waals surface area contributed by atoms with Gasteiger partial charge >= 0.3 is 11.9 Å². The Labute approximate surface area is 127 Å². The van der Waals surface area contributed by atoms with E-state index >= 15 is 0 Å². The molecule has 6 nitrogen and oxygen atoms in total. The van der Waals surface area contributed by atoms with Crippen LogP contribution in [0.5, 0.6) is 0 Å². The van der Waals surface area contributed by atoms with Gasteiger partial charge in [-0.2, -0.15) is 5.11 Å². The molecule has 0 aliphatic heterocycles. The molecule has 0 atom stereocenters. The third-order valence-electron chi connectivity index (χ3n) is 2.85. The van der Waals surface area contributed by atoms with Gasteiger partial charge in [0.25, 0.3) is 0 Å². The Morgan fingerprint density at radius 2 is 1.55 bits per heavy atom. The third-order valence-corrected chi connectivity index (χ3v) is 2.85. The molecule has 6 heteroatoms. The molecule has 0 saturated carbocycles. The van der Waals surface area contributed by atoms with Crippen LogP contribution in [0.3, 0.4) is 0 Å². The van der Waals surface area contributed by atoms with E-state index in [1.807, 2.05) is 18.2 Å². The lowest BCUT2D eigenvalue weighted by Gasteiger charge is -2.05. The van der Waals surface area contributed by atoms with Gasteiger partial charge in [-0.25, -0.2) is 9.59 Å². The predicted octanol–water partition coefficient (Wildman–Crippen LogP) is 3.68. The SMILES string of the molecule is COC(=O)c1ccc(C(=O)OC)c(N=Nc2ccccc2)c1. The number of azo groups is 1. The molecular formula is C16H14N2O4. The number of esters is 2. The van der Waals surface area contributed by atoms with Gasteiger partial charge in [0.05, 0.1) is 31.0 Å². The van der Waals surface area contributed by atoms with Crippen molar-refractivity contribution in [2.45, 2.75) is 0 Å². The molecule has 0 N–H and O–H groups in total. The van der Waals surface area contributed by atoms with Crippen LogP contribution in [-0.2, 0) is 9.47 Å². The first-order valence-corrected chi connectivity index (χ1v) is 6.43. The number of ether oxygens (including phenoxy) is 2. The lowest BCUT2D eigenvalue weighted by atomic mass is 10.1. The Kier molecular flexibility index (Phi) is 4.98.